The standard InChI is InChI=1S/C13H18ClN3O/c14-11-10(5-4-8-16-11)17-12(18)13(9-15)6-2-1-3-7-13/h4-5,8H,1-3,6-7,9,15H2,(H,17,18). The summed E-state index contributed by atoms with van der Waals surface area (Å²) in [5, 5.41) is 3.17. The van der Waals surface area contributed by atoms with Crippen molar-refractivity contribution in [2.75, 3.05) is 11.9 Å². The number of rotatable bonds is 3. The normalized spacial score (nSPS) is 18.3. The molecule has 4 nitrogen and oxygen atoms in total. The van der Waals surface area contributed by atoms with Crippen LogP contribution in [-0.4, -0.2) is 17.4 Å². The first-order valence-corrected chi connectivity index (χ1v) is 6.68. The number of anilines is 1. The third-order valence-corrected chi connectivity index (χ3v) is 3.99. The largest absolute Gasteiger partial charge is 0.329 e. The van der Waals surface area contributed by atoms with E-state index in [9.17, 15) is 4.79 Å². The summed E-state index contributed by atoms with van der Waals surface area (Å²) in [6, 6.07) is 3.50. The van der Waals surface area contributed by atoms with E-state index in [0.29, 0.717) is 17.4 Å². The molecule has 0 saturated heterocycles. The maximum absolute atomic E-state index is 12.4. The van der Waals surface area contributed by atoms with Crippen LogP contribution >= 0.6 is 11.6 Å². The van der Waals surface area contributed by atoms with E-state index in [-0.39, 0.29) is 5.91 Å². The average Bonchev–Trinajstić information content (AvgIpc) is 2.42. The lowest BCUT2D eigenvalue weighted by Crippen LogP contribution is -2.43. The van der Waals surface area contributed by atoms with Crippen molar-refractivity contribution in [2.24, 2.45) is 11.1 Å². The molecule has 1 amide bonds. The fraction of sp³-hybridized carbons (Fsp3) is 0.538. The summed E-state index contributed by atoms with van der Waals surface area (Å²) in [5.74, 6) is -0.0281. The second kappa shape index (κ2) is 5.67. The van der Waals surface area contributed by atoms with E-state index in [0.717, 1.165) is 25.7 Å². The lowest BCUT2D eigenvalue weighted by Gasteiger charge is -2.34. The van der Waals surface area contributed by atoms with E-state index >= 15 is 0 Å². The molecule has 1 aromatic heterocycles. The molecule has 1 fully saturated rings. The molecule has 0 unspecified atom stereocenters. The minimum absolute atomic E-state index is 0.0281. The zero-order valence-electron chi connectivity index (χ0n) is 10.3. The molecular formula is C13H18ClN3O. The van der Waals surface area contributed by atoms with E-state index in [1.807, 2.05) is 0 Å². The van der Waals surface area contributed by atoms with Crippen LogP contribution in [0.5, 0.6) is 0 Å². The second-order valence-corrected chi connectivity index (χ2v) is 5.20. The number of nitrogens with zero attached hydrogens (tertiary/aromatic N) is 1. The van der Waals surface area contributed by atoms with Gasteiger partial charge in [0.05, 0.1) is 11.1 Å². The van der Waals surface area contributed by atoms with Gasteiger partial charge in [-0.3, -0.25) is 4.79 Å². The molecule has 0 radical (unpaired) electrons. The van der Waals surface area contributed by atoms with Crippen molar-refractivity contribution in [2.45, 2.75) is 32.1 Å². The van der Waals surface area contributed by atoms with Crippen LogP contribution in [0.25, 0.3) is 0 Å². The van der Waals surface area contributed by atoms with Crippen LogP contribution < -0.4 is 11.1 Å². The highest BCUT2D eigenvalue weighted by Gasteiger charge is 2.38. The highest BCUT2D eigenvalue weighted by atomic mass is 35.5. The first kappa shape index (κ1) is 13.3. The Labute approximate surface area is 112 Å². The molecule has 0 aromatic carbocycles. The minimum atomic E-state index is -0.433. The van der Waals surface area contributed by atoms with Crippen molar-refractivity contribution in [3.05, 3.63) is 23.5 Å². The van der Waals surface area contributed by atoms with E-state index in [2.05, 4.69) is 10.3 Å². The quantitative estimate of drug-likeness (QED) is 0.827. The molecule has 1 aliphatic carbocycles. The van der Waals surface area contributed by atoms with Crippen LogP contribution in [0.2, 0.25) is 5.15 Å². The summed E-state index contributed by atoms with van der Waals surface area (Å²) in [6.45, 7) is 0.386. The summed E-state index contributed by atoms with van der Waals surface area (Å²) < 4.78 is 0. The number of carbonyl (C=O) groups excluding carboxylic acids is 1. The van der Waals surface area contributed by atoms with Crippen molar-refractivity contribution in [3.8, 4) is 0 Å². The average molecular weight is 268 g/mol. The van der Waals surface area contributed by atoms with E-state index < -0.39 is 5.41 Å². The highest BCUT2D eigenvalue weighted by Crippen LogP contribution is 2.36. The molecule has 18 heavy (non-hydrogen) atoms. The van der Waals surface area contributed by atoms with E-state index in [1.54, 1.807) is 18.3 Å². The number of aromatic nitrogens is 1. The molecule has 0 aliphatic heterocycles. The molecule has 98 valence electrons. The van der Waals surface area contributed by atoms with Gasteiger partial charge in [0.25, 0.3) is 0 Å². The summed E-state index contributed by atoms with van der Waals surface area (Å²) in [7, 11) is 0. The Balaban J connectivity index is 2.13. The number of amides is 1. The maximum Gasteiger partial charge on any atom is 0.231 e. The van der Waals surface area contributed by atoms with Crippen LogP contribution in [0.3, 0.4) is 0 Å². The molecule has 1 aliphatic rings. The topological polar surface area (TPSA) is 68.0 Å². The van der Waals surface area contributed by atoms with Crippen molar-refractivity contribution in [3.63, 3.8) is 0 Å². The lowest BCUT2D eigenvalue weighted by molar-refractivity contribution is -0.126. The zero-order valence-corrected chi connectivity index (χ0v) is 11.0. The van der Waals surface area contributed by atoms with E-state index in [4.69, 9.17) is 17.3 Å². The Bertz CT molecular complexity index is 430. The van der Waals surface area contributed by atoms with Gasteiger partial charge in [-0.15, -0.1) is 0 Å². The van der Waals surface area contributed by atoms with Gasteiger partial charge in [0.2, 0.25) is 5.91 Å². The van der Waals surface area contributed by atoms with Gasteiger partial charge in [-0.05, 0) is 25.0 Å². The molecule has 1 saturated carbocycles. The van der Waals surface area contributed by atoms with Crippen LogP contribution in [0, 0.1) is 5.41 Å². The molecule has 1 heterocycles. The van der Waals surface area contributed by atoms with Gasteiger partial charge in [0, 0.05) is 12.7 Å². The van der Waals surface area contributed by atoms with Gasteiger partial charge in [-0.25, -0.2) is 4.98 Å². The maximum atomic E-state index is 12.4. The fourth-order valence-electron chi connectivity index (χ4n) is 2.49. The summed E-state index contributed by atoms with van der Waals surface area (Å²) in [4.78, 5) is 16.3. The van der Waals surface area contributed by atoms with Crippen LogP contribution in [0.4, 0.5) is 5.69 Å². The Kier molecular flexibility index (Phi) is 4.19. The minimum Gasteiger partial charge on any atom is -0.329 e. The van der Waals surface area contributed by atoms with Crippen molar-refractivity contribution in [1.29, 1.82) is 0 Å². The number of carbonyl (C=O) groups is 1. The van der Waals surface area contributed by atoms with Crippen molar-refractivity contribution < 1.29 is 4.79 Å². The smallest absolute Gasteiger partial charge is 0.231 e. The summed E-state index contributed by atoms with van der Waals surface area (Å²) in [6.07, 6.45) is 6.61. The van der Waals surface area contributed by atoms with Gasteiger partial charge < -0.3 is 11.1 Å². The van der Waals surface area contributed by atoms with E-state index in [1.165, 1.54) is 6.42 Å². The van der Waals surface area contributed by atoms with Gasteiger partial charge in [0.1, 0.15) is 0 Å². The van der Waals surface area contributed by atoms with Crippen LogP contribution in [0.1, 0.15) is 32.1 Å². The molecule has 0 bridgehead atoms. The Morgan fingerprint density at radius 3 is 2.78 bits per heavy atom. The number of pyridine rings is 1. The number of halogens is 1. The Hall–Kier alpha value is -1.13. The SMILES string of the molecule is NCC1(C(=O)Nc2cccnc2Cl)CCCCC1. The van der Waals surface area contributed by atoms with Gasteiger partial charge in [-0.1, -0.05) is 30.9 Å². The first-order valence-electron chi connectivity index (χ1n) is 6.30. The van der Waals surface area contributed by atoms with Gasteiger partial charge >= 0.3 is 0 Å². The monoisotopic (exact) mass is 267 g/mol. The molecule has 0 spiro atoms. The number of nitrogens with two attached hydrogens (primary N) is 1. The number of nitrogens with one attached hydrogen (secondary N) is 1. The second-order valence-electron chi connectivity index (χ2n) is 4.84. The summed E-state index contributed by atoms with van der Waals surface area (Å²) >= 11 is 5.94. The molecular weight excluding hydrogens is 250 g/mol. The number of hydrogen-bond acceptors (Lipinski definition) is 3. The van der Waals surface area contributed by atoms with Crippen LogP contribution in [0.15, 0.2) is 18.3 Å². The van der Waals surface area contributed by atoms with Crippen LogP contribution in [-0.2, 0) is 4.79 Å². The first-order chi connectivity index (χ1) is 8.68. The molecule has 0 atom stereocenters. The predicted octanol–water partition coefficient (Wildman–Crippen LogP) is 2.58. The predicted molar refractivity (Wildman–Crippen MR) is 72.4 cm³/mol. The third kappa shape index (κ3) is 2.65. The number of hydrogen-bond donors (Lipinski definition) is 2. The molecule has 2 rings (SSSR count). The molecule has 1 aromatic rings. The van der Waals surface area contributed by atoms with Crippen molar-refractivity contribution in [1.82, 2.24) is 4.98 Å². The third-order valence-electron chi connectivity index (χ3n) is 3.69. The highest BCUT2D eigenvalue weighted by molar-refractivity contribution is 6.32. The fourth-order valence-corrected chi connectivity index (χ4v) is 2.65. The van der Waals surface area contributed by atoms with Gasteiger partial charge in [0.15, 0.2) is 5.15 Å². The molecule has 3 N–H and O–H groups in total. The lowest BCUT2D eigenvalue weighted by atomic mass is 9.73. The molecule has 5 heteroatoms. The van der Waals surface area contributed by atoms with Gasteiger partial charge in [-0.2, -0.15) is 0 Å². The Morgan fingerprint density at radius 1 is 1.44 bits per heavy atom. The van der Waals surface area contributed by atoms with Crippen molar-refractivity contribution >= 4 is 23.2 Å². The Morgan fingerprint density at radius 2 is 2.17 bits per heavy atom. The zero-order chi connectivity index (χ0) is 13.0. The summed E-state index contributed by atoms with van der Waals surface area (Å²) in [5.41, 5.74) is 5.95.